The quantitative estimate of drug-likeness (QED) is 0.752. The molecule has 3 nitrogen and oxygen atoms in total. The Kier molecular flexibility index (Phi) is 3.06. The Hall–Kier alpha value is -3.05. The van der Waals surface area contributed by atoms with Gasteiger partial charge in [-0.2, -0.15) is 0 Å². The molecule has 3 aromatic carbocycles. The van der Waals surface area contributed by atoms with E-state index in [1.807, 2.05) is 24.3 Å². The Morgan fingerprint density at radius 3 is 2.27 bits per heavy atom. The molecule has 2 unspecified atom stereocenters. The minimum absolute atomic E-state index is 0.195. The number of carbonyl (C=O) groups excluding carboxylic acids is 1. The van der Waals surface area contributed by atoms with E-state index in [1.54, 1.807) is 12.1 Å². The highest BCUT2D eigenvalue weighted by Gasteiger charge is 2.43. The number of nitrogens with two attached hydrogens (primary N) is 1. The second-order valence-electron chi connectivity index (χ2n) is 6.57. The molecule has 5 heteroatoms. The summed E-state index contributed by atoms with van der Waals surface area (Å²) < 4.78 is 33.4. The molecule has 3 aromatic rings. The highest BCUT2D eigenvalue weighted by Crippen LogP contribution is 2.54. The molecular weight excluding hydrogens is 336 g/mol. The summed E-state index contributed by atoms with van der Waals surface area (Å²) in [5, 5.41) is 0. The van der Waals surface area contributed by atoms with Gasteiger partial charge in [0.2, 0.25) is 5.91 Å². The molecular formula is C21H13F2NO2. The minimum Gasteiger partial charge on any atom is -0.366 e. The van der Waals surface area contributed by atoms with E-state index in [4.69, 9.17) is 10.5 Å². The molecule has 0 radical (unpaired) electrons. The minimum atomic E-state index is -0.609. The van der Waals surface area contributed by atoms with Gasteiger partial charge in [0.1, 0.15) is 23.8 Å². The standard InChI is InChI=1S/C21H13F2NO2/c22-12-3-6-13(18(23)9-12)10-1-4-14-16(7-10)20-17-8-11(21(24)25)2-5-15(17)19(14)26-20/h1-9,19-20H,(H2,24,25). The zero-order valence-corrected chi connectivity index (χ0v) is 13.5. The fourth-order valence-electron chi connectivity index (χ4n) is 3.89. The third kappa shape index (κ3) is 2.04. The van der Waals surface area contributed by atoms with Crippen molar-refractivity contribution >= 4 is 5.91 Å². The molecule has 0 aromatic heterocycles. The van der Waals surface area contributed by atoms with E-state index in [2.05, 4.69) is 0 Å². The van der Waals surface area contributed by atoms with Crippen LogP contribution in [0.1, 0.15) is 44.8 Å². The van der Waals surface area contributed by atoms with Crippen molar-refractivity contribution < 1.29 is 18.3 Å². The number of halogens is 2. The van der Waals surface area contributed by atoms with Gasteiger partial charge in [0.05, 0.1) is 0 Å². The van der Waals surface area contributed by atoms with Crippen LogP contribution < -0.4 is 5.73 Å². The van der Waals surface area contributed by atoms with Gasteiger partial charge in [-0.3, -0.25) is 4.79 Å². The lowest BCUT2D eigenvalue weighted by Gasteiger charge is -2.17. The van der Waals surface area contributed by atoms with Crippen LogP contribution in [0.4, 0.5) is 8.78 Å². The van der Waals surface area contributed by atoms with Crippen molar-refractivity contribution in [1.82, 2.24) is 0 Å². The zero-order valence-electron chi connectivity index (χ0n) is 13.5. The lowest BCUT2D eigenvalue weighted by molar-refractivity contribution is 0.0857. The number of primary amides is 1. The van der Waals surface area contributed by atoms with Gasteiger partial charge in [0.15, 0.2) is 0 Å². The third-order valence-corrected chi connectivity index (χ3v) is 5.10. The molecule has 2 aliphatic heterocycles. The second kappa shape index (κ2) is 5.22. The maximum atomic E-state index is 14.1. The number of benzene rings is 3. The van der Waals surface area contributed by atoms with Crippen molar-refractivity contribution in [2.45, 2.75) is 12.2 Å². The van der Waals surface area contributed by atoms with Crippen LogP contribution in [-0.2, 0) is 4.74 Å². The predicted octanol–water partition coefficient (Wildman–Crippen LogP) is 4.25. The Morgan fingerprint density at radius 1 is 0.846 bits per heavy atom. The maximum Gasteiger partial charge on any atom is 0.248 e. The maximum absolute atomic E-state index is 14.1. The molecule has 2 N–H and O–H groups in total. The van der Waals surface area contributed by atoms with E-state index < -0.39 is 17.5 Å². The van der Waals surface area contributed by atoms with Gasteiger partial charge in [0.25, 0.3) is 0 Å². The average Bonchev–Trinajstić information content (AvgIpc) is 3.18. The molecule has 26 heavy (non-hydrogen) atoms. The van der Waals surface area contributed by atoms with Crippen LogP contribution in [0, 0.1) is 11.6 Å². The largest absolute Gasteiger partial charge is 0.366 e. The van der Waals surface area contributed by atoms with Crippen LogP contribution in [0.5, 0.6) is 0 Å². The van der Waals surface area contributed by atoms with Crippen molar-refractivity contribution in [3.8, 4) is 11.1 Å². The first kappa shape index (κ1) is 15.2. The average molecular weight is 349 g/mol. The number of hydrogen-bond donors (Lipinski definition) is 1. The SMILES string of the molecule is NC(=O)c1ccc2c(c1)C1OC2c2ccc(-c3ccc(F)cc3F)cc21. The van der Waals surface area contributed by atoms with E-state index in [0.29, 0.717) is 16.7 Å². The first-order valence-electron chi connectivity index (χ1n) is 8.21. The Bertz CT molecular complexity index is 1090. The van der Waals surface area contributed by atoms with E-state index in [1.165, 1.54) is 12.1 Å². The van der Waals surface area contributed by atoms with E-state index in [9.17, 15) is 13.6 Å². The molecule has 0 saturated heterocycles. The molecule has 0 fully saturated rings. The van der Waals surface area contributed by atoms with Gasteiger partial charge in [-0.15, -0.1) is 0 Å². The molecule has 128 valence electrons. The summed E-state index contributed by atoms with van der Waals surface area (Å²) >= 11 is 0. The summed E-state index contributed by atoms with van der Waals surface area (Å²) in [6.45, 7) is 0. The molecule has 1 amide bonds. The Morgan fingerprint density at radius 2 is 1.54 bits per heavy atom. The highest BCUT2D eigenvalue weighted by atomic mass is 19.1. The summed E-state index contributed by atoms with van der Waals surface area (Å²) in [7, 11) is 0. The van der Waals surface area contributed by atoms with Gasteiger partial charge in [-0.25, -0.2) is 8.78 Å². The summed E-state index contributed by atoms with van der Waals surface area (Å²) in [5.41, 5.74) is 10.7. The first-order chi connectivity index (χ1) is 12.5. The topological polar surface area (TPSA) is 52.3 Å². The fourth-order valence-corrected chi connectivity index (χ4v) is 3.89. The van der Waals surface area contributed by atoms with Gasteiger partial charge >= 0.3 is 0 Å². The number of fused-ring (bicyclic) bond motifs is 8. The van der Waals surface area contributed by atoms with Crippen LogP contribution >= 0.6 is 0 Å². The number of hydrogen-bond acceptors (Lipinski definition) is 2. The molecule has 2 atom stereocenters. The van der Waals surface area contributed by atoms with Crippen molar-refractivity contribution in [3.63, 3.8) is 0 Å². The summed E-state index contributed by atoms with van der Waals surface area (Å²) in [6, 6.07) is 14.5. The molecule has 0 spiro atoms. The smallest absolute Gasteiger partial charge is 0.248 e. The molecule has 5 rings (SSSR count). The summed E-state index contributed by atoms with van der Waals surface area (Å²) in [4.78, 5) is 11.5. The number of rotatable bonds is 2. The number of amides is 1. The van der Waals surface area contributed by atoms with Crippen molar-refractivity contribution in [2.75, 3.05) is 0 Å². The predicted molar refractivity (Wildman–Crippen MR) is 91.5 cm³/mol. The molecule has 0 aliphatic carbocycles. The lowest BCUT2D eigenvalue weighted by Crippen LogP contribution is -2.12. The van der Waals surface area contributed by atoms with E-state index in [0.717, 1.165) is 28.3 Å². The van der Waals surface area contributed by atoms with Crippen molar-refractivity contribution in [1.29, 1.82) is 0 Å². The molecule has 2 bridgehead atoms. The number of ether oxygens (including phenoxy) is 1. The summed E-state index contributed by atoms with van der Waals surface area (Å²) in [5.74, 6) is -1.70. The van der Waals surface area contributed by atoms with Gasteiger partial charge in [-0.05, 0) is 58.1 Å². The number of carbonyl (C=O) groups is 1. The molecule has 0 saturated carbocycles. The van der Waals surface area contributed by atoms with Crippen LogP contribution in [0.3, 0.4) is 0 Å². The first-order valence-corrected chi connectivity index (χ1v) is 8.21. The van der Waals surface area contributed by atoms with Gasteiger partial charge < -0.3 is 10.5 Å². The van der Waals surface area contributed by atoms with E-state index in [-0.39, 0.29) is 12.2 Å². The fraction of sp³-hybridized carbons (Fsp3) is 0.0952. The van der Waals surface area contributed by atoms with Gasteiger partial charge in [-0.1, -0.05) is 18.2 Å². The van der Waals surface area contributed by atoms with Crippen LogP contribution in [0.15, 0.2) is 54.6 Å². The van der Waals surface area contributed by atoms with Crippen LogP contribution in [-0.4, -0.2) is 5.91 Å². The molecule has 2 heterocycles. The third-order valence-electron chi connectivity index (χ3n) is 5.10. The Labute approximate surface area is 148 Å². The van der Waals surface area contributed by atoms with E-state index >= 15 is 0 Å². The van der Waals surface area contributed by atoms with Crippen LogP contribution in [0.2, 0.25) is 0 Å². The second-order valence-corrected chi connectivity index (χ2v) is 6.57. The normalized spacial score (nSPS) is 19.3. The summed E-state index contributed by atoms with van der Waals surface area (Å²) in [6.07, 6.45) is -0.508. The highest BCUT2D eigenvalue weighted by molar-refractivity contribution is 5.93. The van der Waals surface area contributed by atoms with Crippen molar-refractivity contribution in [2.24, 2.45) is 5.73 Å². The van der Waals surface area contributed by atoms with Crippen molar-refractivity contribution in [3.05, 3.63) is 94.0 Å². The Balaban J connectivity index is 1.62. The molecule has 2 aliphatic rings. The lowest BCUT2D eigenvalue weighted by atomic mass is 9.84. The van der Waals surface area contributed by atoms with Crippen LogP contribution in [0.25, 0.3) is 11.1 Å². The monoisotopic (exact) mass is 349 g/mol. The van der Waals surface area contributed by atoms with Gasteiger partial charge in [0, 0.05) is 17.2 Å². The zero-order chi connectivity index (χ0) is 18.0.